The number of nitrogens with zero attached hydrogens (tertiary/aromatic N) is 1. The average Bonchev–Trinajstić information content (AvgIpc) is 3.18. The van der Waals surface area contributed by atoms with Crippen LogP contribution in [0.5, 0.6) is 0 Å². The highest BCUT2D eigenvalue weighted by Gasteiger charge is 2.18. The van der Waals surface area contributed by atoms with E-state index in [1.165, 1.54) is 36.9 Å². The third kappa shape index (κ3) is 3.69. The molecule has 0 aromatic heterocycles. The molecule has 1 saturated carbocycles. The number of benzene rings is 1. The SMILES string of the molecule is O=C(NCc1ccccc1N1CCCC1)NC1CCCC1. The second-order valence-corrected chi connectivity index (χ2v) is 6.13. The number of anilines is 1. The summed E-state index contributed by atoms with van der Waals surface area (Å²) in [5, 5.41) is 6.09. The van der Waals surface area contributed by atoms with Crippen molar-refractivity contribution in [2.75, 3.05) is 18.0 Å². The van der Waals surface area contributed by atoms with E-state index in [0.717, 1.165) is 25.9 Å². The van der Waals surface area contributed by atoms with Gasteiger partial charge in [0, 0.05) is 31.4 Å². The summed E-state index contributed by atoms with van der Waals surface area (Å²) in [6, 6.07) is 8.75. The van der Waals surface area contributed by atoms with E-state index in [1.807, 2.05) is 6.07 Å². The topological polar surface area (TPSA) is 44.4 Å². The summed E-state index contributed by atoms with van der Waals surface area (Å²) < 4.78 is 0. The highest BCUT2D eigenvalue weighted by atomic mass is 16.2. The first kappa shape index (κ1) is 14.2. The zero-order valence-corrected chi connectivity index (χ0v) is 12.6. The van der Waals surface area contributed by atoms with Crippen LogP contribution in [0.25, 0.3) is 0 Å². The molecule has 1 aromatic rings. The second-order valence-electron chi connectivity index (χ2n) is 6.13. The Morgan fingerprint density at radius 2 is 1.81 bits per heavy atom. The number of amides is 2. The van der Waals surface area contributed by atoms with Crippen molar-refractivity contribution in [2.45, 2.75) is 51.1 Å². The lowest BCUT2D eigenvalue weighted by molar-refractivity contribution is 0.236. The Kier molecular flexibility index (Phi) is 4.63. The van der Waals surface area contributed by atoms with Gasteiger partial charge in [-0.1, -0.05) is 31.0 Å². The van der Waals surface area contributed by atoms with Gasteiger partial charge in [0.05, 0.1) is 0 Å². The molecule has 114 valence electrons. The first-order valence-electron chi connectivity index (χ1n) is 8.20. The van der Waals surface area contributed by atoms with E-state index in [9.17, 15) is 4.79 Å². The van der Waals surface area contributed by atoms with Gasteiger partial charge < -0.3 is 15.5 Å². The van der Waals surface area contributed by atoms with Gasteiger partial charge in [-0.2, -0.15) is 0 Å². The number of urea groups is 1. The summed E-state index contributed by atoms with van der Waals surface area (Å²) in [6.45, 7) is 2.86. The van der Waals surface area contributed by atoms with E-state index in [1.54, 1.807) is 0 Å². The molecule has 2 N–H and O–H groups in total. The van der Waals surface area contributed by atoms with Crippen LogP contribution in [-0.2, 0) is 6.54 Å². The first-order valence-corrected chi connectivity index (χ1v) is 8.20. The Morgan fingerprint density at radius 1 is 1.10 bits per heavy atom. The summed E-state index contributed by atoms with van der Waals surface area (Å²) in [7, 11) is 0. The maximum atomic E-state index is 12.0. The minimum Gasteiger partial charge on any atom is -0.371 e. The van der Waals surface area contributed by atoms with Gasteiger partial charge in [-0.05, 0) is 37.3 Å². The van der Waals surface area contributed by atoms with Crippen LogP contribution in [-0.4, -0.2) is 25.2 Å². The molecule has 1 saturated heterocycles. The number of hydrogen-bond acceptors (Lipinski definition) is 2. The van der Waals surface area contributed by atoms with E-state index in [-0.39, 0.29) is 6.03 Å². The van der Waals surface area contributed by atoms with Crippen LogP contribution in [0.1, 0.15) is 44.1 Å². The Bertz CT molecular complexity index is 477. The Morgan fingerprint density at radius 3 is 2.57 bits per heavy atom. The quantitative estimate of drug-likeness (QED) is 0.894. The Labute approximate surface area is 126 Å². The van der Waals surface area contributed by atoms with Gasteiger partial charge in [0.15, 0.2) is 0 Å². The third-order valence-corrected chi connectivity index (χ3v) is 4.57. The van der Waals surface area contributed by atoms with Crippen molar-refractivity contribution in [1.29, 1.82) is 0 Å². The normalized spacial score (nSPS) is 19.0. The molecule has 0 radical (unpaired) electrons. The molecule has 4 nitrogen and oxygen atoms in total. The molecule has 2 aliphatic rings. The summed E-state index contributed by atoms with van der Waals surface area (Å²) in [4.78, 5) is 14.4. The predicted molar refractivity (Wildman–Crippen MR) is 85.5 cm³/mol. The molecule has 2 amide bonds. The minimum absolute atomic E-state index is 0.0295. The van der Waals surface area contributed by atoms with Gasteiger partial charge in [-0.25, -0.2) is 4.79 Å². The van der Waals surface area contributed by atoms with Crippen LogP contribution in [0.2, 0.25) is 0 Å². The lowest BCUT2D eigenvalue weighted by Gasteiger charge is -2.22. The van der Waals surface area contributed by atoms with E-state index in [2.05, 4.69) is 33.7 Å². The van der Waals surface area contributed by atoms with Crippen molar-refractivity contribution in [3.05, 3.63) is 29.8 Å². The maximum absolute atomic E-state index is 12.0. The van der Waals surface area contributed by atoms with Crippen LogP contribution >= 0.6 is 0 Å². The van der Waals surface area contributed by atoms with Crippen LogP contribution in [0.3, 0.4) is 0 Å². The Hall–Kier alpha value is -1.71. The molecule has 0 unspecified atom stereocenters. The highest BCUT2D eigenvalue weighted by Crippen LogP contribution is 2.24. The van der Waals surface area contributed by atoms with Crippen molar-refractivity contribution < 1.29 is 4.79 Å². The predicted octanol–water partition coefficient (Wildman–Crippen LogP) is 3.03. The average molecular weight is 287 g/mol. The lowest BCUT2D eigenvalue weighted by Crippen LogP contribution is -2.40. The zero-order valence-electron chi connectivity index (χ0n) is 12.6. The van der Waals surface area contributed by atoms with Crippen LogP contribution in [0, 0.1) is 0 Å². The molecule has 2 fully saturated rings. The van der Waals surface area contributed by atoms with Crippen LogP contribution in [0.4, 0.5) is 10.5 Å². The van der Waals surface area contributed by atoms with Crippen molar-refractivity contribution in [3.63, 3.8) is 0 Å². The van der Waals surface area contributed by atoms with Gasteiger partial charge in [0.25, 0.3) is 0 Å². The number of nitrogens with one attached hydrogen (secondary N) is 2. The van der Waals surface area contributed by atoms with Gasteiger partial charge in [0.2, 0.25) is 0 Å². The molecule has 0 spiro atoms. The molecule has 1 aromatic carbocycles. The van der Waals surface area contributed by atoms with Gasteiger partial charge in [-0.3, -0.25) is 0 Å². The van der Waals surface area contributed by atoms with Gasteiger partial charge in [0.1, 0.15) is 0 Å². The molecular formula is C17H25N3O. The molecular weight excluding hydrogens is 262 g/mol. The number of rotatable bonds is 4. The fourth-order valence-corrected chi connectivity index (χ4v) is 3.41. The number of carbonyl (C=O) groups excluding carboxylic acids is 1. The fourth-order valence-electron chi connectivity index (χ4n) is 3.41. The summed E-state index contributed by atoms with van der Waals surface area (Å²) >= 11 is 0. The molecule has 4 heteroatoms. The molecule has 21 heavy (non-hydrogen) atoms. The lowest BCUT2D eigenvalue weighted by atomic mass is 10.1. The number of para-hydroxylation sites is 1. The maximum Gasteiger partial charge on any atom is 0.315 e. The molecule has 1 heterocycles. The van der Waals surface area contributed by atoms with E-state index < -0.39 is 0 Å². The molecule has 1 aliphatic carbocycles. The number of hydrogen-bond donors (Lipinski definition) is 2. The first-order chi connectivity index (χ1) is 10.3. The minimum atomic E-state index is -0.0295. The van der Waals surface area contributed by atoms with E-state index in [4.69, 9.17) is 0 Å². The second kappa shape index (κ2) is 6.83. The third-order valence-electron chi connectivity index (χ3n) is 4.57. The molecule has 3 rings (SSSR count). The van der Waals surface area contributed by atoms with Crippen molar-refractivity contribution >= 4 is 11.7 Å². The van der Waals surface area contributed by atoms with E-state index >= 15 is 0 Å². The summed E-state index contributed by atoms with van der Waals surface area (Å²) in [5.74, 6) is 0. The monoisotopic (exact) mass is 287 g/mol. The van der Waals surface area contributed by atoms with Crippen molar-refractivity contribution in [2.24, 2.45) is 0 Å². The Balaban J connectivity index is 1.55. The highest BCUT2D eigenvalue weighted by molar-refractivity contribution is 5.74. The smallest absolute Gasteiger partial charge is 0.315 e. The van der Waals surface area contributed by atoms with Crippen LogP contribution < -0.4 is 15.5 Å². The van der Waals surface area contributed by atoms with Crippen molar-refractivity contribution in [1.82, 2.24) is 10.6 Å². The van der Waals surface area contributed by atoms with Crippen LogP contribution in [0.15, 0.2) is 24.3 Å². The standard InChI is InChI=1S/C17H25N3O/c21-17(19-15-8-2-3-9-15)18-13-14-7-1-4-10-16(14)20-11-5-6-12-20/h1,4,7,10,15H,2-3,5-6,8-9,11-13H2,(H2,18,19,21). The molecule has 0 atom stereocenters. The zero-order chi connectivity index (χ0) is 14.5. The van der Waals surface area contributed by atoms with Gasteiger partial charge in [-0.15, -0.1) is 0 Å². The summed E-state index contributed by atoms with van der Waals surface area (Å²) in [6.07, 6.45) is 7.26. The fraction of sp³-hybridized carbons (Fsp3) is 0.588. The summed E-state index contributed by atoms with van der Waals surface area (Å²) in [5.41, 5.74) is 2.48. The molecule has 1 aliphatic heterocycles. The van der Waals surface area contributed by atoms with Gasteiger partial charge >= 0.3 is 6.03 Å². The number of carbonyl (C=O) groups is 1. The largest absolute Gasteiger partial charge is 0.371 e. The van der Waals surface area contributed by atoms with Crippen molar-refractivity contribution in [3.8, 4) is 0 Å². The molecule has 0 bridgehead atoms. The van der Waals surface area contributed by atoms with E-state index in [0.29, 0.717) is 12.6 Å².